The van der Waals surface area contributed by atoms with Gasteiger partial charge in [0.2, 0.25) is 0 Å². The predicted octanol–water partition coefficient (Wildman–Crippen LogP) is 0.815. The fraction of sp³-hybridized carbons (Fsp3) is 1.00. The molecule has 1 saturated heterocycles. The smallest absolute Gasteiger partial charge is 0.0738 e. The second-order valence-electron chi connectivity index (χ2n) is 5.48. The third-order valence-electron chi connectivity index (χ3n) is 3.98. The molecule has 1 saturated carbocycles. The lowest BCUT2D eigenvalue weighted by Crippen LogP contribution is -2.56. The van der Waals surface area contributed by atoms with E-state index in [-0.39, 0.29) is 6.10 Å². The van der Waals surface area contributed by atoms with Crippen LogP contribution < -0.4 is 5.73 Å². The zero-order valence-corrected chi connectivity index (χ0v) is 9.89. The molecule has 0 amide bonds. The molecule has 15 heavy (non-hydrogen) atoms. The van der Waals surface area contributed by atoms with E-state index in [0.717, 1.165) is 19.0 Å². The number of aliphatic hydroxyl groups excluding tert-OH is 1. The SMILES string of the molecule is CC(C)C1C(O)C(CN)CCN1C1CC1. The molecule has 0 aromatic carbocycles. The summed E-state index contributed by atoms with van der Waals surface area (Å²) in [7, 11) is 0. The standard InChI is InChI=1S/C12H24N2O/c1-8(2)11-12(15)9(7-13)5-6-14(11)10-3-4-10/h8-12,15H,3-7,13H2,1-2H3. The van der Waals surface area contributed by atoms with E-state index < -0.39 is 0 Å². The van der Waals surface area contributed by atoms with Crippen molar-refractivity contribution in [1.82, 2.24) is 4.90 Å². The van der Waals surface area contributed by atoms with Gasteiger partial charge in [-0.1, -0.05) is 13.8 Å². The fourth-order valence-electron chi connectivity index (χ4n) is 2.98. The van der Waals surface area contributed by atoms with E-state index in [0.29, 0.717) is 24.4 Å². The Kier molecular flexibility index (Phi) is 3.33. The van der Waals surface area contributed by atoms with Crippen LogP contribution in [0.4, 0.5) is 0 Å². The summed E-state index contributed by atoms with van der Waals surface area (Å²) >= 11 is 0. The van der Waals surface area contributed by atoms with E-state index in [2.05, 4.69) is 18.7 Å². The van der Waals surface area contributed by atoms with Gasteiger partial charge in [-0.25, -0.2) is 0 Å². The van der Waals surface area contributed by atoms with Crippen molar-refractivity contribution in [3.63, 3.8) is 0 Å². The molecule has 0 bridgehead atoms. The summed E-state index contributed by atoms with van der Waals surface area (Å²) in [6.07, 6.45) is 3.49. The molecule has 2 rings (SSSR count). The van der Waals surface area contributed by atoms with Crippen LogP contribution >= 0.6 is 0 Å². The molecule has 88 valence electrons. The van der Waals surface area contributed by atoms with E-state index >= 15 is 0 Å². The molecule has 3 nitrogen and oxygen atoms in total. The lowest BCUT2D eigenvalue weighted by molar-refractivity contribution is -0.0497. The lowest BCUT2D eigenvalue weighted by atomic mass is 9.82. The summed E-state index contributed by atoms with van der Waals surface area (Å²) in [6.45, 7) is 6.18. The molecule has 2 aliphatic rings. The number of nitrogens with zero attached hydrogens (tertiary/aromatic N) is 1. The van der Waals surface area contributed by atoms with Crippen LogP contribution in [0.3, 0.4) is 0 Å². The normalized spacial score (nSPS) is 38.6. The Bertz CT molecular complexity index is 216. The van der Waals surface area contributed by atoms with Crippen LogP contribution in [-0.4, -0.2) is 41.3 Å². The first-order chi connectivity index (χ1) is 7.15. The molecule has 3 unspecified atom stereocenters. The van der Waals surface area contributed by atoms with E-state index in [1.165, 1.54) is 12.8 Å². The summed E-state index contributed by atoms with van der Waals surface area (Å²) in [5, 5.41) is 10.3. The van der Waals surface area contributed by atoms with Crippen LogP contribution in [0, 0.1) is 11.8 Å². The van der Waals surface area contributed by atoms with Crippen molar-refractivity contribution in [2.24, 2.45) is 17.6 Å². The van der Waals surface area contributed by atoms with Gasteiger partial charge in [0.05, 0.1) is 6.10 Å². The third-order valence-corrected chi connectivity index (χ3v) is 3.98. The van der Waals surface area contributed by atoms with Gasteiger partial charge in [0.15, 0.2) is 0 Å². The number of rotatable bonds is 3. The first kappa shape index (κ1) is 11.4. The zero-order chi connectivity index (χ0) is 11.0. The number of piperidine rings is 1. The number of hydrogen-bond acceptors (Lipinski definition) is 3. The summed E-state index contributed by atoms with van der Waals surface area (Å²) < 4.78 is 0. The molecule has 1 heterocycles. The number of likely N-dealkylation sites (tertiary alicyclic amines) is 1. The second-order valence-corrected chi connectivity index (χ2v) is 5.48. The number of hydrogen-bond donors (Lipinski definition) is 2. The summed E-state index contributed by atoms with van der Waals surface area (Å²) in [4.78, 5) is 2.53. The summed E-state index contributed by atoms with van der Waals surface area (Å²) in [5.41, 5.74) is 5.71. The van der Waals surface area contributed by atoms with Crippen LogP contribution in [0.5, 0.6) is 0 Å². The van der Waals surface area contributed by atoms with Gasteiger partial charge in [-0.15, -0.1) is 0 Å². The monoisotopic (exact) mass is 212 g/mol. The number of nitrogens with two attached hydrogens (primary N) is 1. The average Bonchev–Trinajstić information content (AvgIpc) is 2.99. The highest BCUT2D eigenvalue weighted by Gasteiger charge is 2.43. The van der Waals surface area contributed by atoms with Gasteiger partial charge in [-0.2, -0.15) is 0 Å². The van der Waals surface area contributed by atoms with Gasteiger partial charge >= 0.3 is 0 Å². The molecule has 3 N–H and O–H groups in total. The van der Waals surface area contributed by atoms with Crippen molar-refractivity contribution in [2.75, 3.05) is 13.1 Å². The molecule has 3 atom stereocenters. The van der Waals surface area contributed by atoms with E-state index in [9.17, 15) is 5.11 Å². The average molecular weight is 212 g/mol. The molecule has 0 aromatic heterocycles. The predicted molar refractivity (Wildman–Crippen MR) is 61.5 cm³/mol. The lowest BCUT2D eigenvalue weighted by Gasteiger charge is -2.45. The quantitative estimate of drug-likeness (QED) is 0.728. The minimum absolute atomic E-state index is 0.218. The molecule has 0 radical (unpaired) electrons. The van der Waals surface area contributed by atoms with Gasteiger partial charge in [0.1, 0.15) is 0 Å². The Labute approximate surface area is 92.6 Å². The molecule has 0 aromatic rings. The maximum Gasteiger partial charge on any atom is 0.0738 e. The molecule has 3 heteroatoms. The first-order valence-corrected chi connectivity index (χ1v) is 6.29. The largest absolute Gasteiger partial charge is 0.391 e. The van der Waals surface area contributed by atoms with Crippen molar-refractivity contribution >= 4 is 0 Å². The maximum atomic E-state index is 10.3. The minimum atomic E-state index is -0.218. The Balaban J connectivity index is 2.07. The minimum Gasteiger partial charge on any atom is -0.391 e. The molecular weight excluding hydrogens is 188 g/mol. The van der Waals surface area contributed by atoms with Crippen molar-refractivity contribution in [2.45, 2.75) is 51.3 Å². The van der Waals surface area contributed by atoms with Crippen LogP contribution in [-0.2, 0) is 0 Å². The van der Waals surface area contributed by atoms with Gasteiger partial charge in [-0.05, 0) is 44.2 Å². The Morgan fingerprint density at radius 3 is 2.47 bits per heavy atom. The Morgan fingerprint density at radius 2 is 2.00 bits per heavy atom. The van der Waals surface area contributed by atoms with Gasteiger partial charge in [0.25, 0.3) is 0 Å². The zero-order valence-electron chi connectivity index (χ0n) is 9.89. The molecular formula is C12H24N2O. The summed E-state index contributed by atoms with van der Waals surface area (Å²) in [5.74, 6) is 0.836. The van der Waals surface area contributed by atoms with Crippen LogP contribution in [0.1, 0.15) is 33.1 Å². The topological polar surface area (TPSA) is 49.5 Å². The van der Waals surface area contributed by atoms with Crippen molar-refractivity contribution in [1.29, 1.82) is 0 Å². The summed E-state index contributed by atoms with van der Waals surface area (Å²) in [6, 6.07) is 1.09. The Hall–Kier alpha value is -0.120. The molecule has 1 aliphatic carbocycles. The van der Waals surface area contributed by atoms with Gasteiger partial charge < -0.3 is 10.8 Å². The van der Waals surface area contributed by atoms with E-state index in [1.54, 1.807) is 0 Å². The third kappa shape index (κ3) is 2.19. The highest BCUT2D eigenvalue weighted by molar-refractivity contribution is 4.98. The van der Waals surface area contributed by atoms with Gasteiger partial charge in [0, 0.05) is 12.1 Å². The van der Waals surface area contributed by atoms with Gasteiger partial charge in [-0.3, -0.25) is 4.90 Å². The second kappa shape index (κ2) is 4.40. The molecule has 0 spiro atoms. The fourth-order valence-corrected chi connectivity index (χ4v) is 2.98. The number of aliphatic hydroxyl groups is 1. The van der Waals surface area contributed by atoms with Crippen molar-refractivity contribution in [3.8, 4) is 0 Å². The highest BCUT2D eigenvalue weighted by atomic mass is 16.3. The van der Waals surface area contributed by atoms with E-state index in [1.807, 2.05) is 0 Å². The van der Waals surface area contributed by atoms with Crippen molar-refractivity contribution < 1.29 is 5.11 Å². The first-order valence-electron chi connectivity index (χ1n) is 6.29. The maximum absolute atomic E-state index is 10.3. The molecule has 2 fully saturated rings. The van der Waals surface area contributed by atoms with Crippen LogP contribution in [0.15, 0.2) is 0 Å². The van der Waals surface area contributed by atoms with Crippen LogP contribution in [0.2, 0.25) is 0 Å². The van der Waals surface area contributed by atoms with Crippen LogP contribution in [0.25, 0.3) is 0 Å². The Morgan fingerprint density at radius 1 is 1.33 bits per heavy atom. The van der Waals surface area contributed by atoms with E-state index in [4.69, 9.17) is 5.73 Å². The molecule has 1 aliphatic heterocycles. The highest BCUT2D eigenvalue weighted by Crippen LogP contribution is 2.36. The van der Waals surface area contributed by atoms with Crippen molar-refractivity contribution in [3.05, 3.63) is 0 Å².